The van der Waals surface area contributed by atoms with E-state index in [1.165, 1.54) is 19.3 Å². The third kappa shape index (κ3) is 4.80. The first-order chi connectivity index (χ1) is 8.84. The summed E-state index contributed by atoms with van der Waals surface area (Å²) in [6, 6.07) is 3.91. The van der Waals surface area contributed by atoms with E-state index < -0.39 is 0 Å². The second-order valence-corrected chi connectivity index (χ2v) is 5.01. The van der Waals surface area contributed by atoms with Gasteiger partial charge in [-0.2, -0.15) is 0 Å². The van der Waals surface area contributed by atoms with Gasteiger partial charge in [-0.15, -0.1) is 0 Å². The number of nitrogens with one attached hydrogen (secondary N) is 1. The van der Waals surface area contributed by atoms with Crippen LogP contribution in [-0.2, 0) is 11.3 Å². The third-order valence-electron chi connectivity index (χ3n) is 3.34. The zero-order valence-corrected chi connectivity index (χ0v) is 11.2. The summed E-state index contributed by atoms with van der Waals surface area (Å²) in [7, 11) is 2.16. The Hall–Kier alpha value is -0.840. The molecule has 1 N–H and O–H groups in total. The van der Waals surface area contributed by atoms with Crippen LogP contribution in [0.5, 0.6) is 0 Å². The van der Waals surface area contributed by atoms with Gasteiger partial charge < -0.3 is 19.4 Å². The van der Waals surface area contributed by atoms with Crippen LogP contribution in [0.25, 0.3) is 0 Å². The molecule has 1 saturated heterocycles. The van der Waals surface area contributed by atoms with Gasteiger partial charge in [-0.3, -0.25) is 0 Å². The average Bonchev–Trinajstić information content (AvgIpc) is 2.89. The average molecular weight is 252 g/mol. The van der Waals surface area contributed by atoms with Crippen molar-refractivity contribution in [2.24, 2.45) is 0 Å². The summed E-state index contributed by atoms with van der Waals surface area (Å²) >= 11 is 0. The Morgan fingerprint density at radius 2 is 2.39 bits per heavy atom. The lowest BCUT2D eigenvalue weighted by atomic mass is 10.1. The van der Waals surface area contributed by atoms with Crippen molar-refractivity contribution in [3.63, 3.8) is 0 Å². The molecule has 0 bridgehead atoms. The predicted molar refractivity (Wildman–Crippen MR) is 71.5 cm³/mol. The fraction of sp³-hybridized carbons (Fsp3) is 0.714. The Kier molecular flexibility index (Phi) is 5.71. The van der Waals surface area contributed by atoms with E-state index in [9.17, 15) is 0 Å². The molecule has 4 heteroatoms. The number of ether oxygens (including phenoxy) is 1. The molecule has 0 aliphatic carbocycles. The first kappa shape index (κ1) is 13.6. The molecule has 2 rings (SSSR count). The van der Waals surface area contributed by atoms with Crippen LogP contribution in [0.4, 0.5) is 0 Å². The molecule has 0 aromatic carbocycles. The van der Waals surface area contributed by atoms with Crippen molar-refractivity contribution in [2.75, 3.05) is 33.3 Å². The van der Waals surface area contributed by atoms with E-state index in [2.05, 4.69) is 17.3 Å². The Balaban J connectivity index is 1.52. The van der Waals surface area contributed by atoms with Crippen LogP contribution in [0, 0.1) is 0 Å². The van der Waals surface area contributed by atoms with E-state index in [0.717, 1.165) is 38.5 Å². The summed E-state index contributed by atoms with van der Waals surface area (Å²) in [5, 5.41) is 3.38. The minimum atomic E-state index is 0.439. The standard InChI is InChI=1S/C14H24N2O2/c1-16(12-14-5-2-3-9-18-14)8-7-15-11-13-6-4-10-17-13/h4,6,10,14-15H,2-3,5,7-9,11-12H2,1H3. The Morgan fingerprint density at radius 3 is 3.11 bits per heavy atom. The number of likely N-dealkylation sites (N-methyl/N-ethyl adjacent to an activating group) is 1. The van der Waals surface area contributed by atoms with Crippen LogP contribution in [0.3, 0.4) is 0 Å². The van der Waals surface area contributed by atoms with Crippen LogP contribution < -0.4 is 5.32 Å². The number of furan rings is 1. The fourth-order valence-corrected chi connectivity index (χ4v) is 2.28. The highest BCUT2D eigenvalue weighted by Gasteiger charge is 2.15. The summed E-state index contributed by atoms with van der Waals surface area (Å²) < 4.78 is 11.0. The smallest absolute Gasteiger partial charge is 0.117 e. The van der Waals surface area contributed by atoms with Crippen LogP contribution in [0.15, 0.2) is 22.8 Å². The van der Waals surface area contributed by atoms with E-state index in [0.29, 0.717) is 6.10 Å². The maximum atomic E-state index is 5.74. The van der Waals surface area contributed by atoms with E-state index in [1.807, 2.05) is 12.1 Å². The fourth-order valence-electron chi connectivity index (χ4n) is 2.28. The molecule has 1 aliphatic rings. The zero-order chi connectivity index (χ0) is 12.6. The van der Waals surface area contributed by atoms with Crippen LogP contribution >= 0.6 is 0 Å². The van der Waals surface area contributed by atoms with Crippen molar-refractivity contribution in [1.29, 1.82) is 0 Å². The summed E-state index contributed by atoms with van der Waals surface area (Å²) in [4.78, 5) is 2.34. The molecular formula is C14H24N2O2. The predicted octanol–water partition coefficient (Wildman–Crippen LogP) is 1.87. The lowest BCUT2D eigenvalue weighted by Crippen LogP contribution is -2.37. The topological polar surface area (TPSA) is 37.6 Å². The first-order valence-corrected chi connectivity index (χ1v) is 6.88. The number of rotatable bonds is 7. The Morgan fingerprint density at radius 1 is 1.44 bits per heavy atom. The molecule has 2 heterocycles. The summed E-state index contributed by atoms with van der Waals surface area (Å²) in [6.07, 6.45) is 5.90. The molecule has 102 valence electrons. The molecule has 0 radical (unpaired) electrons. The van der Waals surface area contributed by atoms with Gasteiger partial charge in [-0.25, -0.2) is 0 Å². The largest absolute Gasteiger partial charge is 0.468 e. The molecule has 18 heavy (non-hydrogen) atoms. The van der Waals surface area contributed by atoms with Crippen molar-refractivity contribution in [2.45, 2.75) is 31.9 Å². The Bertz CT molecular complexity index is 308. The lowest BCUT2D eigenvalue weighted by molar-refractivity contribution is -0.00124. The zero-order valence-electron chi connectivity index (χ0n) is 11.2. The van der Waals surface area contributed by atoms with Gasteiger partial charge in [0, 0.05) is 26.2 Å². The minimum absolute atomic E-state index is 0.439. The Labute approximate surface area is 109 Å². The maximum Gasteiger partial charge on any atom is 0.117 e. The molecular weight excluding hydrogens is 228 g/mol. The monoisotopic (exact) mass is 252 g/mol. The van der Waals surface area contributed by atoms with Crippen molar-refractivity contribution in [3.05, 3.63) is 24.2 Å². The highest BCUT2D eigenvalue weighted by Crippen LogP contribution is 2.13. The lowest BCUT2D eigenvalue weighted by Gasteiger charge is -2.27. The van der Waals surface area contributed by atoms with Gasteiger partial charge in [0.15, 0.2) is 0 Å². The van der Waals surface area contributed by atoms with Gasteiger partial charge in [0.1, 0.15) is 5.76 Å². The second-order valence-electron chi connectivity index (χ2n) is 5.01. The minimum Gasteiger partial charge on any atom is -0.468 e. The second kappa shape index (κ2) is 7.56. The number of hydrogen-bond acceptors (Lipinski definition) is 4. The molecule has 0 amide bonds. The van der Waals surface area contributed by atoms with Crippen LogP contribution in [0.1, 0.15) is 25.0 Å². The van der Waals surface area contributed by atoms with Crippen molar-refractivity contribution in [3.8, 4) is 0 Å². The normalized spacial score (nSPS) is 20.4. The molecule has 1 aromatic heterocycles. The molecule has 4 nitrogen and oxygen atoms in total. The molecule has 1 aliphatic heterocycles. The van der Waals surface area contributed by atoms with Crippen LogP contribution in [0.2, 0.25) is 0 Å². The van der Waals surface area contributed by atoms with Gasteiger partial charge >= 0.3 is 0 Å². The SMILES string of the molecule is CN(CCNCc1ccco1)CC1CCCCO1. The van der Waals surface area contributed by atoms with E-state index >= 15 is 0 Å². The van der Waals surface area contributed by atoms with E-state index in [-0.39, 0.29) is 0 Å². The van der Waals surface area contributed by atoms with Gasteiger partial charge in [-0.1, -0.05) is 0 Å². The molecule has 1 fully saturated rings. The summed E-state index contributed by atoms with van der Waals surface area (Å²) in [5.41, 5.74) is 0. The van der Waals surface area contributed by atoms with Crippen molar-refractivity contribution < 1.29 is 9.15 Å². The maximum absolute atomic E-state index is 5.74. The number of hydrogen-bond donors (Lipinski definition) is 1. The van der Waals surface area contributed by atoms with Gasteiger partial charge in [0.25, 0.3) is 0 Å². The van der Waals surface area contributed by atoms with E-state index in [4.69, 9.17) is 9.15 Å². The molecule has 1 aromatic rings. The van der Waals surface area contributed by atoms with Gasteiger partial charge in [0.2, 0.25) is 0 Å². The van der Waals surface area contributed by atoms with Crippen molar-refractivity contribution >= 4 is 0 Å². The molecule has 1 unspecified atom stereocenters. The number of nitrogens with zero attached hydrogens (tertiary/aromatic N) is 1. The highest BCUT2D eigenvalue weighted by atomic mass is 16.5. The summed E-state index contributed by atoms with van der Waals surface area (Å²) in [6.45, 7) is 4.81. The third-order valence-corrected chi connectivity index (χ3v) is 3.34. The van der Waals surface area contributed by atoms with Crippen LogP contribution in [-0.4, -0.2) is 44.3 Å². The molecule has 0 saturated carbocycles. The summed E-state index contributed by atoms with van der Waals surface area (Å²) in [5.74, 6) is 0.994. The van der Waals surface area contributed by atoms with Gasteiger partial charge in [0.05, 0.1) is 18.9 Å². The van der Waals surface area contributed by atoms with Crippen molar-refractivity contribution in [1.82, 2.24) is 10.2 Å². The molecule has 0 spiro atoms. The van der Waals surface area contributed by atoms with E-state index in [1.54, 1.807) is 6.26 Å². The van der Waals surface area contributed by atoms with Gasteiger partial charge in [-0.05, 0) is 38.4 Å². The molecule has 1 atom stereocenters. The first-order valence-electron chi connectivity index (χ1n) is 6.88. The highest BCUT2D eigenvalue weighted by molar-refractivity contribution is 4.97. The quantitative estimate of drug-likeness (QED) is 0.752.